The lowest BCUT2D eigenvalue weighted by atomic mass is 9.61. The van der Waals surface area contributed by atoms with E-state index in [-0.39, 0.29) is 27.3 Å². The Hall–Kier alpha value is -3.78. The largest absolute Gasteiger partial charge is 0.357 e. The minimum Gasteiger partial charge on any atom is -0.357 e. The molecule has 162 valence electrons. The van der Waals surface area contributed by atoms with Crippen molar-refractivity contribution in [3.05, 3.63) is 125 Å². The van der Waals surface area contributed by atoms with Crippen molar-refractivity contribution >= 4 is 77.9 Å². The minimum atomic E-state index is -0.512. The van der Waals surface area contributed by atoms with Gasteiger partial charge < -0.3 is 5.32 Å². The van der Waals surface area contributed by atoms with E-state index >= 15 is 0 Å². The first-order valence-electron chi connectivity index (χ1n) is 12.1. The summed E-state index contributed by atoms with van der Waals surface area (Å²) in [5, 5.41) is 3.38. The summed E-state index contributed by atoms with van der Waals surface area (Å²) < 4.78 is 0. The second kappa shape index (κ2) is 8.96. The van der Waals surface area contributed by atoms with Crippen molar-refractivity contribution in [2.75, 3.05) is 5.32 Å². The number of hydrogen-bond acceptors (Lipinski definition) is 1. The first-order chi connectivity index (χ1) is 17.9. The van der Waals surface area contributed by atoms with Crippen molar-refractivity contribution < 1.29 is 0 Å². The molecule has 0 heterocycles. The Morgan fingerprint density at radius 1 is 0.459 bits per heavy atom. The Morgan fingerprint density at radius 2 is 0.946 bits per heavy atom. The summed E-state index contributed by atoms with van der Waals surface area (Å²) >= 11 is 0. The van der Waals surface area contributed by atoms with E-state index in [9.17, 15) is 0 Å². The average molecular weight is 459 g/mol. The van der Waals surface area contributed by atoms with Crippen molar-refractivity contribution in [3.63, 3.8) is 0 Å². The zero-order valence-corrected chi connectivity index (χ0v) is 20.2. The maximum Gasteiger partial charge on any atom is 0.115 e. The normalized spacial score (nSPS) is 13.1. The van der Waals surface area contributed by atoms with Crippen LogP contribution in [0.25, 0.3) is 11.1 Å². The van der Waals surface area contributed by atoms with Gasteiger partial charge in [-0.25, -0.2) is 0 Å². The second-order valence-corrected chi connectivity index (χ2v) is 9.36. The number of rotatable bonds is 4. The molecule has 0 atom stereocenters. The highest BCUT2D eigenvalue weighted by atomic mass is 14.9. The number of benzene rings is 5. The molecule has 0 spiro atoms. The van der Waals surface area contributed by atoms with Gasteiger partial charge in [0.05, 0.1) is 5.41 Å². The molecule has 0 saturated heterocycles. The van der Waals surface area contributed by atoms with Crippen LogP contribution in [0, 0.1) is 0 Å². The Morgan fingerprint density at radius 3 is 1.54 bits per heavy atom. The summed E-state index contributed by atoms with van der Waals surface area (Å²) in [6.07, 6.45) is 0. The highest BCUT2D eigenvalue weighted by Gasteiger charge is 2.46. The highest BCUT2D eigenvalue weighted by Crippen LogP contribution is 2.56. The van der Waals surface area contributed by atoms with Gasteiger partial charge in [-0.15, -0.1) is 16.4 Å². The van der Waals surface area contributed by atoms with Crippen LogP contribution in [0.4, 0.5) is 11.4 Å². The molecule has 0 aliphatic heterocycles. The van der Waals surface area contributed by atoms with Crippen LogP contribution in [0.1, 0.15) is 22.3 Å². The Kier molecular flexibility index (Phi) is 5.72. The second-order valence-electron chi connectivity index (χ2n) is 9.36. The van der Waals surface area contributed by atoms with Gasteiger partial charge in [0.25, 0.3) is 0 Å². The van der Waals surface area contributed by atoms with Gasteiger partial charge in [-0.05, 0) is 45.5 Å². The fraction of sp³-hybridized carbons (Fsp3) is 0.0323. The monoisotopic (exact) mass is 459 g/mol. The van der Waals surface area contributed by atoms with Gasteiger partial charge in [0.1, 0.15) is 39.2 Å². The van der Waals surface area contributed by atoms with Gasteiger partial charge >= 0.3 is 0 Å². The molecule has 0 amide bonds. The molecule has 0 saturated carbocycles. The molecule has 6 rings (SSSR count). The van der Waals surface area contributed by atoms with E-state index in [1.54, 1.807) is 0 Å². The van der Waals surface area contributed by atoms with Crippen molar-refractivity contribution in [1.82, 2.24) is 0 Å². The Labute approximate surface area is 224 Å². The summed E-state index contributed by atoms with van der Waals surface area (Å²) in [4.78, 5) is 0. The van der Waals surface area contributed by atoms with E-state index in [0.717, 1.165) is 11.3 Å². The van der Waals surface area contributed by atoms with E-state index in [4.69, 9.17) is 39.2 Å². The number of anilines is 2. The molecule has 5 aromatic carbocycles. The van der Waals surface area contributed by atoms with Gasteiger partial charge in [0, 0.05) is 11.4 Å². The average Bonchev–Trinajstić information content (AvgIpc) is 3.24. The van der Waals surface area contributed by atoms with Crippen LogP contribution in [-0.2, 0) is 5.41 Å². The van der Waals surface area contributed by atoms with Crippen LogP contribution >= 0.6 is 0 Å². The SMILES string of the molecule is [B]c1c([B])c([B])c(Nc2ccc3c(c2)C(c2ccccc2)(c2ccccc2)c2ccccc2-3)c([B])c1[B]. The van der Waals surface area contributed by atoms with Gasteiger partial charge in [0.15, 0.2) is 0 Å². The third-order valence-corrected chi connectivity index (χ3v) is 7.43. The zero-order valence-electron chi connectivity index (χ0n) is 20.2. The number of hydrogen-bond donors (Lipinski definition) is 1. The lowest BCUT2D eigenvalue weighted by Crippen LogP contribution is -2.55. The van der Waals surface area contributed by atoms with Gasteiger partial charge in [0.2, 0.25) is 0 Å². The third-order valence-electron chi connectivity index (χ3n) is 7.43. The molecular weight excluding hydrogens is 440 g/mol. The number of fused-ring (bicyclic) bond motifs is 3. The summed E-state index contributed by atoms with van der Waals surface area (Å²) in [5.74, 6) is 0. The lowest BCUT2D eigenvalue weighted by molar-refractivity contribution is 0.769. The first kappa shape index (κ1) is 23.6. The van der Waals surface area contributed by atoms with Crippen LogP contribution in [0.2, 0.25) is 0 Å². The molecule has 6 heteroatoms. The zero-order chi connectivity index (χ0) is 25.7. The van der Waals surface area contributed by atoms with Crippen LogP contribution < -0.4 is 32.6 Å². The highest BCUT2D eigenvalue weighted by molar-refractivity contribution is 6.68. The van der Waals surface area contributed by atoms with E-state index in [1.807, 2.05) is 18.2 Å². The smallest absolute Gasteiger partial charge is 0.115 e. The molecule has 5 aromatic rings. The first-order valence-corrected chi connectivity index (χ1v) is 12.1. The molecule has 0 unspecified atom stereocenters. The summed E-state index contributed by atoms with van der Waals surface area (Å²) in [5.41, 5.74) is 9.04. The molecular formula is C31H18B5N. The molecule has 37 heavy (non-hydrogen) atoms. The summed E-state index contributed by atoms with van der Waals surface area (Å²) in [6, 6.07) is 36.1. The van der Waals surface area contributed by atoms with E-state index in [0.29, 0.717) is 5.69 Å². The third kappa shape index (κ3) is 3.46. The summed E-state index contributed by atoms with van der Waals surface area (Å²) in [6.45, 7) is 0. The van der Waals surface area contributed by atoms with E-state index in [2.05, 4.69) is 90.2 Å². The molecule has 0 aromatic heterocycles. The molecule has 1 nitrogen and oxygen atoms in total. The van der Waals surface area contributed by atoms with Gasteiger partial charge in [-0.3, -0.25) is 0 Å². The van der Waals surface area contributed by atoms with E-state index in [1.165, 1.54) is 27.8 Å². The van der Waals surface area contributed by atoms with Crippen molar-refractivity contribution in [2.45, 2.75) is 5.41 Å². The van der Waals surface area contributed by atoms with E-state index < -0.39 is 5.41 Å². The Balaban J connectivity index is 1.62. The van der Waals surface area contributed by atoms with Crippen molar-refractivity contribution in [3.8, 4) is 11.1 Å². The Bertz CT molecular complexity index is 1580. The molecule has 0 bridgehead atoms. The van der Waals surface area contributed by atoms with Crippen molar-refractivity contribution in [1.29, 1.82) is 0 Å². The van der Waals surface area contributed by atoms with Crippen molar-refractivity contribution in [2.24, 2.45) is 0 Å². The molecule has 1 aliphatic rings. The predicted octanol–water partition coefficient (Wildman–Crippen LogP) is 1.76. The molecule has 1 N–H and O–H groups in total. The fourth-order valence-corrected chi connectivity index (χ4v) is 5.65. The van der Waals surface area contributed by atoms with Crippen LogP contribution in [0.5, 0.6) is 0 Å². The molecule has 10 radical (unpaired) electrons. The van der Waals surface area contributed by atoms with Gasteiger partial charge in [-0.2, -0.15) is 0 Å². The quantitative estimate of drug-likeness (QED) is 0.397. The van der Waals surface area contributed by atoms with Gasteiger partial charge in [-0.1, -0.05) is 102 Å². The maximum absolute atomic E-state index is 6.32. The maximum atomic E-state index is 6.32. The predicted molar refractivity (Wildman–Crippen MR) is 160 cm³/mol. The minimum absolute atomic E-state index is 0.192. The summed E-state index contributed by atoms with van der Waals surface area (Å²) in [7, 11) is 30.9. The van der Waals surface area contributed by atoms with Crippen LogP contribution in [0.3, 0.4) is 0 Å². The topological polar surface area (TPSA) is 12.0 Å². The number of nitrogens with one attached hydrogen (secondary N) is 1. The standard InChI is InChI=1S/C31H18B5N/c32-25-26(33)28(35)30(29(36)27(25)34)37-20-15-16-22-21-13-7-8-14-23(21)31(24(22)17-20,18-9-3-1-4-10-18)19-11-5-2-6-12-19/h1-17,37H. The fourth-order valence-electron chi connectivity index (χ4n) is 5.65. The molecule has 0 fully saturated rings. The molecule has 1 aliphatic carbocycles. The lowest BCUT2D eigenvalue weighted by Gasteiger charge is -2.34. The van der Waals surface area contributed by atoms with Crippen LogP contribution in [-0.4, -0.2) is 39.2 Å². The van der Waals surface area contributed by atoms with Crippen LogP contribution in [0.15, 0.2) is 103 Å².